The Labute approximate surface area is 215 Å². The smallest absolute Gasteiger partial charge is 0.303 e. The molecule has 0 aliphatic carbocycles. The van der Waals surface area contributed by atoms with Gasteiger partial charge in [0.2, 0.25) is 5.91 Å². The Balaban J connectivity index is 1.71. The van der Waals surface area contributed by atoms with E-state index in [2.05, 4.69) is 10.1 Å². The van der Waals surface area contributed by atoms with Gasteiger partial charge in [-0.15, -0.1) is 0 Å². The van der Waals surface area contributed by atoms with Crippen molar-refractivity contribution in [3.63, 3.8) is 0 Å². The monoisotopic (exact) mass is 517 g/mol. The van der Waals surface area contributed by atoms with Gasteiger partial charge < -0.3 is 10.1 Å². The number of halogens is 2. The van der Waals surface area contributed by atoms with Crippen LogP contribution in [0.2, 0.25) is 5.02 Å². The van der Waals surface area contributed by atoms with E-state index < -0.39 is 35.7 Å². The molecule has 0 spiro atoms. The summed E-state index contributed by atoms with van der Waals surface area (Å²) in [7, 11) is 0. The third-order valence-corrected chi connectivity index (χ3v) is 6.55. The minimum absolute atomic E-state index is 0.0642. The number of aromatic amines is 1. The second kappa shape index (κ2) is 9.99. The number of benzene rings is 3. The first-order valence-corrected chi connectivity index (χ1v) is 12.0. The van der Waals surface area contributed by atoms with E-state index in [0.29, 0.717) is 27.2 Å². The number of carbonyl (C=O) groups is 2. The number of nitrogens with one attached hydrogen (secondary N) is 1. The second-order valence-corrected chi connectivity index (χ2v) is 9.12. The van der Waals surface area contributed by atoms with E-state index in [9.17, 15) is 18.8 Å². The average molecular weight is 518 g/mol. The van der Waals surface area contributed by atoms with Crippen molar-refractivity contribution in [1.82, 2.24) is 9.99 Å². The topological polar surface area (TPSA) is 103 Å². The summed E-state index contributed by atoms with van der Waals surface area (Å²) in [6.07, 6.45) is -0.643. The van der Waals surface area contributed by atoms with Gasteiger partial charge in [-0.25, -0.2) is 9.40 Å². The van der Waals surface area contributed by atoms with Crippen molar-refractivity contribution in [2.24, 2.45) is 5.10 Å². The van der Waals surface area contributed by atoms with E-state index >= 15 is 0 Å². The molecule has 5 rings (SSSR count). The molecule has 9 heteroatoms. The molecule has 0 unspecified atom stereocenters. The molecule has 0 saturated carbocycles. The first kappa shape index (κ1) is 24.4. The van der Waals surface area contributed by atoms with Crippen molar-refractivity contribution in [3.05, 3.63) is 105 Å². The van der Waals surface area contributed by atoms with E-state index in [1.54, 1.807) is 30.3 Å². The van der Waals surface area contributed by atoms with Gasteiger partial charge in [-0.05, 0) is 29.8 Å². The summed E-state index contributed by atoms with van der Waals surface area (Å²) in [4.78, 5) is 40.5. The van der Waals surface area contributed by atoms with Crippen LogP contribution in [0.3, 0.4) is 0 Å². The molecule has 186 valence electrons. The van der Waals surface area contributed by atoms with Gasteiger partial charge in [0.15, 0.2) is 0 Å². The van der Waals surface area contributed by atoms with E-state index in [1.165, 1.54) is 12.1 Å². The number of aromatic nitrogens is 1. The number of hydrazone groups is 1. The Morgan fingerprint density at radius 3 is 2.49 bits per heavy atom. The zero-order chi connectivity index (χ0) is 26.1. The summed E-state index contributed by atoms with van der Waals surface area (Å²) in [5, 5.41) is 15.8. The number of carboxylic acid groups (broad SMARTS) is 1. The van der Waals surface area contributed by atoms with Crippen molar-refractivity contribution in [2.45, 2.75) is 25.3 Å². The zero-order valence-corrected chi connectivity index (χ0v) is 20.2. The Morgan fingerprint density at radius 2 is 1.76 bits per heavy atom. The number of pyridine rings is 1. The van der Waals surface area contributed by atoms with Gasteiger partial charge in [-0.1, -0.05) is 60.1 Å². The first-order valence-electron chi connectivity index (χ1n) is 11.6. The lowest BCUT2D eigenvalue weighted by atomic mass is 9.91. The highest BCUT2D eigenvalue weighted by atomic mass is 35.5. The van der Waals surface area contributed by atoms with Crippen LogP contribution < -0.4 is 5.56 Å². The average Bonchev–Trinajstić information content (AvgIpc) is 3.32. The number of carbonyl (C=O) groups excluding carboxylic acids is 1. The van der Waals surface area contributed by atoms with E-state index in [-0.39, 0.29) is 24.0 Å². The molecular formula is C28H21ClFN3O4. The first-order chi connectivity index (χ1) is 17.8. The van der Waals surface area contributed by atoms with Crippen molar-refractivity contribution in [1.29, 1.82) is 0 Å². The number of hydrogen-bond donors (Lipinski definition) is 2. The number of aliphatic carboxylic acids is 1. The summed E-state index contributed by atoms with van der Waals surface area (Å²) >= 11 is 6.31. The highest BCUT2D eigenvalue weighted by Gasteiger charge is 2.36. The van der Waals surface area contributed by atoms with E-state index in [4.69, 9.17) is 16.7 Å². The van der Waals surface area contributed by atoms with Crippen LogP contribution in [-0.4, -0.2) is 32.7 Å². The van der Waals surface area contributed by atoms with Crippen LogP contribution in [0.5, 0.6) is 0 Å². The van der Waals surface area contributed by atoms with Crippen molar-refractivity contribution < 1.29 is 19.1 Å². The van der Waals surface area contributed by atoms with Crippen LogP contribution in [0.25, 0.3) is 22.0 Å². The fourth-order valence-electron chi connectivity index (χ4n) is 4.65. The number of fused-ring (bicyclic) bond motifs is 1. The maximum absolute atomic E-state index is 14.8. The van der Waals surface area contributed by atoms with E-state index in [0.717, 1.165) is 10.6 Å². The van der Waals surface area contributed by atoms with Crippen LogP contribution in [-0.2, 0) is 9.59 Å². The van der Waals surface area contributed by atoms with E-state index in [1.807, 2.05) is 30.3 Å². The number of carboxylic acids is 1. The molecule has 1 aliphatic heterocycles. The molecule has 0 saturated heterocycles. The molecule has 4 aromatic rings. The largest absolute Gasteiger partial charge is 0.481 e. The highest BCUT2D eigenvalue weighted by molar-refractivity contribution is 6.31. The second-order valence-electron chi connectivity index (χ2n) is 8.68. The highest BCUT2D eigenvalue weighted by Crippen LogP contribution is 2.38. The molecule has 7 nitrogen and oxygen atoms in total. The molecule has 3 aromatic carbocycles. The molecule has 0 radical (unpaired) electrons. The summed E-state index contributed by atoms with van der Waals surface area (Å²) in [6, 6.07) is 19.6. The lowest BCUT2D eigenvalue weighted by Crippen LogP contribution is -2.28. The number of rotatable bonds is 6. The van der Waals surface area contributed by atoms with Crippen molar-refractivity contribution >= 4 is 40.1 Å². The van der Waals surface area contributed by atoms with Crippen LogP contribution in [0.15, 0.2) is 82.7 Å². The molecule has 1 aromatic heterocycles. The Kier molecular flexibility index (Phi) is 6.58. The summed E-state index contributed by atoms with van der Waals surface area (Å²) in [5.74, 6) is -2.23. The molecule has 0 fully saturated rings. The zero-order valence-electron chi connectivity index (χ0n) is 19.4. The molecule has 37 heavy (non-hydrogen) atoms. The normalized spacial score (nSPS) is 15.1. The number of amides is 1. The molecular weight excluding hydrogens is 497 g/mol. The van der Waals surface area contributed by atoms with Crippen molar-refractivity contribution in [3.8, 4) is 11.1 Å². The number of nitrogens with zero attached hydrogens (tertiary/aromatic N) is 2. The maximum atomic E-state index is 14.8. The molecule has 0 bridgehead atoms. The van der Waals surface area contributed by atoms with Gasteiger partial charge in [0, 0.05) is 39.9 Å². The Bertz CT molecular complexity index is 1620. The van der Waals surface area contributed by atoms with Crippen molar-refractivity contribution in [2.75, 3.05) is 0 Å². The number of hydrogen-bond acceptors (Lipinski definition) is 4. The minimum Gasteiger partial charge on any atom is -0.481 e. The SMILES string of the molecule is O=C(O)CCC(=O)N1N=C(c2c(-c3ccccc3)c3cc(Cl)ccc3[nH]c2=O)C[C@H]1c1ccccc1F. The maximum Gasteiger partial charge on any atom is 0.303 e. The summed E-state index contributed by atoms with van der Waals surface area (Å²) < 4.78 is 14.8. The summed E-state index contributed by atoms with van der Waals surface area (Å²) in [5.41, 5.74) is 2.26. The van der Waals surface area contributed by atoms with Gasteiger partial charge in [-0.2, -0.15) is 5.10 Å². The van der Waals surface area contributed by atoms with Gasteiger partial charge in [-0.3, -0.25) is 14.4 Å². The third kappa shape index (κ3) is 4.75. The molecule has 2 heterocycles. The predicted molar refractivity (Wildman–Crippen MR) is 139 cm³/mol. The lowest BCUT2D eigenvalue weighted by molar-refractivity contribution is -0.141. The Morgan fingerprint density at radius 1 is 1.03 bits per heavy atom. The predicted octanol–water partition coefficient (Wildman–Crippen LogP) is 5.53. The minimum atomic E-state index is -1.13. The molecule has 2 N–H and O–H groups in total. The third-order valence-electron chi connectivity index (χ3n) is 6.31. The summed E-state index contributed by atoms with van der Waals surface area (Å²) in [6.45, 7) is 0. The van der Waals surface area contributed by atoms with Gasteiger partial charge in [0.1, 0.15) is 5.82 Å². The number of H-pyrrole nitrogens is 1. The van der Waals surface area contributed by atoms with Crippen LogP contribution in [0.1, 0.15) is 36.4 Å². The lowest BCUT2D eigenvalue weighted by Gasteiger charge is -2.22. The quantitative estimate of drug-likeness (QED) is 0.351. The standard InChI is InChI=1S/C28H21ClFN3O4/c29-17-10-11-21-19(14-17)26(16-6-2-1-3-7-16)27(28(37)31-21)22-15-23(18-8-4-5-9-20(18)30)33(32-22)24(34)12-13-25(35)36/h1-11,14,23H,12-13,15H2,(H,31,37)(H,35,36)/t23-/m0/s1. The van der Waals surface area contributed by atoms with Gasteiger partial charge in [0.05, 0.1) is 23.7 Å². The molecule has 1 aliphatic rings. The molecule has 1 amide bonds. The molecule has 1 atom stereocenters. The Hall–Kier alpha value is -4.30. The van der Waals surface area contributed by atoms with Crippen LogP contribution >= 0.6 is 11.6 Å². The van der Waals surface area contributed by atoms with Crippen LogP contribution in [0.4, 0.5) is 4.39 Å². The van der Waals surface area contributed by atoms with Gasteiger partial charge >= 0.3 is 5.97 Å². The van der Waals surface area contributed by atoms with Gasteiger partial charge in [0.25, 0.3) is 5.56 Å². The van der Waals surface area contributed by atoms with Crippen LogP contribution in [0, 0.1) is 5.82 Å². The fraction of sp³-hybridized carbons (Fsp3) is 0.143. The fourth-order valence-corrected chi connectivity index (χ4v) is 4.82.